The number of hydrogen-bond donors (Lipinski definition) is 1. The van der Waals surface area contributed by atoms with Crippen LogP contribution in [0.5, 0.6) is 0 Å². The lowest BCUT2D eigenvalue weighted by atomic mass is 10.1. The van der Waals surface area contributed by atoms with Crippen molar-refractivity contribution in [2.75, 3.05) is 11.5 Å². The predicted octanol–water partition coefficient (Wildman–Crippen LogP) is 5.75. The van der Waals surface area contributed by atoms with E-state index in [1.807, 2.05) is 12.1 Å². The molecular formula is C31H31NO2P+. The van der Waals surface area contributed by atoms with Gasteiger partial charge in [0.15, 0.2) is 0 Å². The number of benzene rings is 4. The molecule has 0 aliphatic rings. The second-order valence-corrected chi connectivity index (χ2v) is 12.6. The van der Waals surface area contributed by atoms with Crippen molar-refractivity contribution in [2.24, 2.45) is 0 Å². The van der Waals surface area contributed by atoms with Crippen molar-refractivity contribution in [2.45, 2.75) is 27.7 Å². The van der Waals surface area contributed by atoms with Gasteiger partial charge < -0.3 is 5.32 Å². The average molecular weight is 481 g/mol. The van der Waals surface area contributed by atoms with Crippen LogP contribution in [-0.4, -0.2) is 17.9 Å². The summed E-state index contributed by atoms with van der Waals surface area (Å²) in [6.45, 7) is 7.72. The highest BCUT2D eigenvalue weighted by Crippen LogP contribution is 2.55. The predicted molar refractivity (Wildman–Crippen MR) is 149 cm³/mol. The number of rotatable bonds is 7. The van der Waals surface area contributed by atoms with Crippen molar-refractivity contribution in [3.05, 3.63) is 119 Å². The van der Waals surface area contributed by atoms with Crippen LogP contribution in [0.1, 0.15) is 34.0 Å². The molecule has 0 spiro atoms. The maximum absolute atomic E-state index is 13.9. The first-order valence-corrected chi connectivity index (χ1v) is 13.8. The van der Waals surface area contributed by atoms with Crippen LogP contribution in [0, 0.1) is 20.8 Å². The Bertz CT molecular complexity index is 1230. The highest BCUT2D eigenvalue weighted by atomic mass is 31.2. The lowest BCUT2D eigenvalue weighted by Gasteiger charge is -2.27. The summed E-state index contributed by atoms with van der Waals surface area (Å²) >= 11 is 0. The summed E-state index contributed by atoms with van der Waals surface area (Å²) < 4.78 is 0. The number of carbonyl (C=O) groups is 2. The number of nitrogens with one attached hydrogen (secondary N) is 1. The van der Waals surface area contributed by atoms with E-state index in [1.165, 1.54) is 39.5 Å². The quantitative estimate of drug-likeness (QED) is 0.271. The van der Waals surface area contributed by atoms with Gasteiger partial charge in [0.1, 0.15) is 29.3 Å². The van der Waals surface area contributed by atoms with Crippen molar-refractivity contribution < 1.29 is 9.59 Å². The molecule has 176 valence electrons. The zero-order chi connectivity index (χ0) is 25.0. The highest BCUT2D eigenvalue weighted by Gasteiger charge is 2.47. The number of carbonyl (C=O) groups excluding carboxylic acids is 2. The molecule has 0 saturated carbocycles. The topological polar surface area (TPSA) is 46.2 Å². The monoisotopic (exact) mass is 480 g/mol. The molecule has 4 heteroatoms. The van der Waals surface area contributed by atoms with E-state index in [-0.39, 0.29) is 11.7 Å². The Morgan fingerprint density at radius 3 is 1.49 bits per heavy atom. The van der Waals surface area contributed by atoms with Gasteiger partial charge >= 0.3 is 0 Å². The molecule has 35 heavy (non-hydrogen) atoms. The molecule has 1 N–H and O–H groups in total. The second-order valence-electron chi connectivity index (χ2n) is 9.16. The Morgan fingerprint density at radius 2 is 1.09 bits per heavy atom. The summed E-state index contributed by atoms with van der Waals surface area (Å²) in [5.41, 5.74) is 4.80. The van der Waals surface area contributed by atoms with Crippen LogP contribution < -0.4 is 21.2 Å². The summed E-state index contributed by atoms with van der Waals surface area (Å²) in [7, 11) is -2.31. The number of amides is 1. The van der Waals surface area contributed by atoms with Gasteiger partial charge in [-0.05, 0) is 69.3 Å². The SMILES string of the molecule is CC(=O)Nc1cccc(C(=O)C[P+](c2ccc(C)cc2)(c2ccc(C)cc2)c2ccc(C)cc2)c1. The largest absolute Gasteiger partial charge is 0.326 e. The van der Waals surface area contributed by atoms with Crippen molar-refractivity contribution in [3.63, 3.8) is 0 Å². The second kappa shape index (κ2) is 10.4. The zero-order valence-electron chi connectivity index (χ0n) is 20.7. The first kappa shape index (κ1) is 24.6. The molecule has 0 saturated heterocycles. The van der Waals surface area contributed by atoms with Gasteiger partial charge in [-0.25, -0.2) is 0 Å². The van der Waals surface area contributed by atoms with E-state index >= 15 is 0 Å². The minimum Gasteiger partial charge on any atom is -0.326 e. The molecule has 4 aromatic carbocycles. The van der Waals surface area contributed by atoms with Crippen LogP contribution >= 0.6 is 7.26 Å². The molecular weight excluding hydrogens is 449 g/mol. The van der Waals surface area contributed by atoms with E-state index in [2.05, 4.69) is 98.9 Å². The summed E-state index contributed by atoms with van der Waals surface area (Å²) in [5, 5.41) is 6.34. The minimum atomic E-state index is -2.31. The van der Waals surface area contributed by atoms with E-state index in [4.69, 9.17) is 0 Å². The molecule has 0 fully saturated rings. The molecule has 0 aromatic heterocycles. The number of aryl methyl sites for hydroxylation is 3. The Balaban J connectivity index is 1.91. The van der Waals surface area contributed by atoms with Gasteiger partial charge in [-0.2, -0.15) is 0 Å². The van der Waals surface area contributed by atoms with Gasteiger partial charge in [-0.15, -0.1) is 0 Å². The summed E-state index contributed by atoms with van der Waals surface area (Å²) in [6.07, 6.45) is 0.367. The molecule has 0 aliphatic carbocycles. The summed E-state index contributed by atoms with van der Waals surface area (Å²) in [4.78, 5) is 25.5. The van der Waals surface area contributed by atoms with Crippen molar-refractivity contribution >= 4 is 40.6 Å². The first-order chi connectivity index (χ1) is 16.8. The van der Waals surface area contributed by atoms with Crippen LogP contribution in [0.25, 0.3) is 0 Å². The van der Waals surface area contributed by atoms with Gasteiger partial charge in [0.2, 0.25) is 11.7 Å². The maximum atomic E-state index is 13.9. The molecule has 4 aromatic rings. The fourth-order valence-electron chi connectivity index (χ4n) is 4.40. The first-order valence-electron chi connectivity index (χ1n) is 11.8. The number of Topliss-reactive ketones (excluding diaryl/α,β-unsaturated/α-hetero) is 1. The van der Waals surface area contributed by atoms with Crippen molar-refractivity contribution in [1.29, 1.82) is 0 Å². The van der Waals surface area contributed by atoms with E-state index in [1.54, 1.807) is 12.1 Å². The molecule has 3 nitrogen and oxygen atoms in total. The molecule has 0 bridgehead atoms. The van der Waals surface area contributed by atoms with Crippen molar-refractivity contribution in [3.8, 4) is 0 Å². The van der Waals surface area contributed by atoms with Crippen LogP contribution in [0.3, 0.4) is 0 Å². The van der Waals surface area contributed by atoms with Crippen LogP contribution in [-0.2, 0) is 4.79 Å². The molecule has 0 heterocycles. The molecule has 0 aliphatic heterocycles. The fraction of sp³-hybridized carbons (Fsp3) is 0.161. The minimum absolute atomic E-state index is 0.0623. The lowest BCUT2D eigenvalue weighted by Crippen LogP contribution is -2.36. The fourth-order valence-corrected chi connectivity index (χ4v) is 8.43. The van der Waals surface area contributed by atoms with Crippen LogP contribution in [0.4, 0.5) is 5.69 Å². The van der Waals surface area contributed by atoms with Gasteiger partial charge in [-0.1, -0.05) is 65.2 Å². The number of hydrogen-bond acceptors (Lipinski definition) is 2. The van der Waals surface area contributed by atoms with Crippen LogP contribution in [0.15, 0.2) is 97.1 Å². The van der Waals surface area contributed by atoms with Gasteiger partial charge in [-0.3, -0.25) is 9.59 Å². The zero-order valence-corrected chi connectivity index (χ0v) is 21.6. The summed E-state index contributed by atoms with van der Waals surface area (Å²) in [5.74, 6) is -0.0947. The molecule has 4 rings (SSSR count). The van der Waals surface area contributed by atoms with E-state index in [0.29, 0.717) is 17.4 Å². The Kier molecular flexibility index (Phi) is 7.28. The summed E-state index contributed by atoms with van der Waals surface area (Å²) in [6, 6.07) is 33.1. The number of ketones is 1. The average Bonchev–Trinajstić information content (AvgIpc) is 2.84. The Labute approximate surface area is 208 Å². The molecule has 0 unspecified atom stereocenters. The Morgan fingerprint density at radius 1 is 0.657 bits per heavy atom. The lowest BCUT2D eigenvalue weighted by molar-refractivity contribution is -0.114. The van der Waals surface area contributed by atoms with Crippen molar-refractivity contribution in [1.82, 2.24) is 0 Å². The normalized spacial score (nSPS) is 11.2. The van der Waals surface area contributed by atoms with E-state index in [9.17, 15) is 9.59 Å². The molecule has 0 atom stereocenters. The third kappa shape index (κ3) is 5.42. The van der Waals surface area contributed by atoms with E-state index in [0.717, 1.165) is 0 Å². The van der Waals surface area contributed by atoms with E-state index < -0.39 is 7.26 Å². The van der Waals surface area contributed by atoms with Gasteiger partial charge in [0, 0.05) is 18.2 Å². The molecule has 0 radical (unpaired) electrons. The van der Waals surface area contributed by atoms with Gasteiger partial charge in [0.05, 0.1) is 0 Å². The Hall–Kier alpha value is -3.55. The smallest absolute Gasteiger partial charge is 0.221 e. The standard InChI is InChI=1S/C31H30NO2P/c1-22-8-14-28(15-9-22)35(29-16-10-23(2)11-17-29,30-18-12-24(3)13-19-30)21-31(34)26-6-5-7-27(20-26)32-25(4)33/h5-20H,21H2,1-4H3/p+1. The number of anilines is 1. The molecule has 1 amide bonds. The third-order valence-electron chi connectivity index (χ3n) is 6.31. The highest BCUT2D eigenvalue weighted by molar-refractivity contribution is 7.96. The van der Waals surface area contributed by atoms with Crippen LogP contribution in [0.2, 0.25) is 0 Å². The maximum Gasteiger partial charge on any atom is 0.221 e. The van der Waals surface area contributed by atoms with Gasteiger partial charge in [0.25, 0.3) is 0 Å². The third-order valence-corrected chi connectivity index (χ3v) is 10.6.